The van der Waals surface area contributed by atoms with E-state index in [4.69, 9.17) is 4.74 Å². The molecule has 0 aromatic heterocycles. The number of carboxylic acid groups (broad SMARTS) is 1. The zero-order chi connectivity index (χ0) is 15.3. The number of anilines is 1. The Bertz CT molecular complexity index is 681. The first-order chi connectivity index (χ1) is 10.6. The molecule has 1 amide bonds. The fraction of sp³-hybridized carbons (Fsp3) is 0.412. The summed E-state index contributed by atoms with van der Waals surface area (Å²) in [7, 11) is 0. The van der Waals surface area contributed by atoms with Crippen LogP contribution in [-0.4, -0.2) is 29.2 Å². The second-order valence-corrected chi connectivity index (χ2v) is 6.17. The normalized spacial score (nSPS) is 31.3. The second-order valence-electron chi connectivity index (χ2n) is 6.17. The van der Waals surface area contributed by atoms with E-state index in [0.717, 1.165) is 24.9 Å². The number of carbonyl (C=O) groups excluding carboxylic acids is 1. The smallest absolute Gasteiger partial charge is 0.310 e. The van der Waals surface area contributed by atoms with Gasteiger partial charge in [-0.1, -0.05) is 18.2 Å². The molecule has 0 radical (unpaired) electrons. The third kappa shape index (κ3) is 2.04. The van der Waals surface area contributed by atoms with Gasteiger partial charge in [-0.15, -0.1) is 0 Å². The van der Waals surface area contributed by atoms with E-state index in [1.807, 2.05) is 18.2 Å². The number of carboxylic acids is 1. The maximum absolute atomic E-state index is 12.5. The lowest BCUT2D eigenvalue weighted by Crippen LogP contribution is -2.39. The van der Waals surface area contributed by atoms with Gasteiger partial charge in [0, 0.05) is 5.69 Å². The molecule has 1 saturated heterocycles. The summed E-state index contributed by atoms with van der Waals surface area (Å²) in [5.41, 5.74) is 3.35. The summed E-state index contributed by atoms with van der Waals surface area (Å²) in [6.07, 6.45) is 5.89. The molecule has 5 nitrogen and oxygen atoms in total. The van der Waals surface area contributed by atoms with Crippen molar-refractivity contribution in [3.05, 3.63) is 41.5 Å². The molecule has 1 aromatic rings. The van der Waals surface area contributed by atoms with Crippen LogP contribution in [0.2, 0.25) is 0 Å². The van der Waals surface area contributed by atoms with E-state index in [2.05, 4.69) is 5.32 Å². The van der Waals surface area contributed by atoms with Crippen LogP contribution in [0, 0.1) is 11.8 Å². The van der Waals surface area contributed by atoms with Crippen LogP contribution < -0.4 is 5.32 Å². The standard InChI is InChI=1S/C17H17NO4/c19-16(14-12-6-7-13(22-12)15(14)17(20)21)18-11-5-4-9-2-1-3-10(9)8-11/h4-8,12-15H,1-3H2,(H,18,19)(H,20,21)/t12-,13-,14+,15-/m0/s1. The van der Waals surface area contributed by atoms with Crippen LogP contribution in [0.4, 0.5) is 5.69 Å². The van der Waals surface area contributed by atoms with Gasteiger partial charge in [0.2, 0.25) is 5.91 Å². The van der Waals surface area contributed by atoms with Crippen LogP contribution in [0.3, 0.4) is 0 Å². The van der Waals surface area contributed by atoms with E-state index in [1.165, 1.54) is 11.1 Å². The van der Waals surface area contributed by atoms with Crippen molar-refractivity contribution in [3.63, 3.8) is 0 Å². The maximum atomic E-state index is 12.5. The van der Waals surface area contributed by atoms with Crippen molar-refractivity contribution < 1.29 is 19.4 Å². The molecule has 5 heteroatoms. The Morgan fingerprint density at radius 3 is 2.59 bits per heavy atom. The molecule has 2 bridgehead atoms. The van der Waals surface area contributed by atoms with Crippen molar-refractivity contribution >= 4 is 17.6 Å². The molecule has 0 saturated carbocycles. The molecule has 1 fully saturated rings. The average Bonchev–Trinajstić information content (AvgIpc) is 3.20. The number of rotatable bonds is 3. The van der Waals surface area contributed by atoms with Gasteiger partial charge in [-0.05, 0) is 42.5 Å². The number of aliphatic carboxylic acids is 1. The molecule has 22 heavy (non-hydrogen) atoms. The van der Waals surface area contributed by atoms with Gasteiger partial charge in [0.05, 0.1) is 18.1 Å². The largest absolute Gasteiger partial charge is 0.481 e. The minimum atomic E-state index is -0.981. The summed E-state index contributed by atoms with van der Waals surface area (Å²) >= 11 is 0. The minimum absolute atomic E-state index is 0.276. The van der Waals surface area contributed by atoms with Crippen LogP contribution in [0.1, 0.15) is 17.5 Å². The van der Waals surface area contributed by atoms with Gasteiger partial charge in [-0.2, -0.15) is 0 Å². The van der Waals surface area contributed by atoms with Crippen LogP contribution in [0.5, 0.6) is 0 Å². The van der Waals surface area contributed by atoms with Crippen molar-refractivity contribution in [2.75, 3.05) is 5.32 Å². The molecule has 1 aromatic carbocycles. The number of nitrogens with one attached hydrogen (secondary N) is 1. The second kappa shape index (κ2) is 4.95. The van der Waals surface area contributed by atoms with Crippen LogP contribution in [0.15, 0.2) is 30.4 Å². The zero-order valence-electron chi connectivity index (χ0n) is 12.0. The first-order valence-electron chi connectivity index (χ1n) is 7.63. The lowest BCUT2D eigenvalue weighted by atomic mass is 9.82. The average molecular weight is 299 g/mol. The molecule has 4 atom stereocenters. The number of amides is 1. The van der Waals surface area contributed by atoms with E-state index < -0.39 is 30.0 Å². The lowest BCUT2D eigenvalue weighted by Gasteiger charge is -2.21. The summed E-state index contributed by atoms with van der Waals surface area (Å²) in [4.78, 5) is 23.9. The monoisotopic (exact) mass is 299 g/mol. The number of benzene rings is 1. The van der Waals surface area contributed by atoms with Crippen LogP contribution in [-0.2, 0) is 27.2 Å². The molecule has 2 aliphatic heterocycles. The fourth-order valence-corrected chi connectivity index (χ4v) is 3.79. The van der Waals surface area contributed by atoms with E-state index in [-0.39, 0.29) is 5.91 Å². The molecule has 2 N–H and O–H groups in total. The summed E-state index contributed by atoms with van der Waals surface area (Å²) in [5, 5.41) is 12.2. The number of ether oxygens (including phenoxy) is 1. The Kier molecular flexibility index (Phi) is 3.04. The van der Waals surface area contributed by atoms with Crippen molar-refractivity contribution in [2.24, 2.45) is 11.8 Å². The molecular weight excluding hydrogens is 282 g/mol. The van der Waals surface area contributed by atoms with Crippen molar-refractivity contribution in [1.82, 2.24) is 0 Å². The predicted octanol–water partition coefficient (Wildman–Crippen LogP) is 1.77. The van der Waals surface area contributed by atoms with E-state index in [0.29, 0.717) is 0 Å². The van der Waals surface area contributed by atoms with Gasteiger partial charge in [0.25, 0.3) is 0 Å². The summed E-state index contributed by atoms with van der Waals surface area (Å²) in [6.45, 7) is 0. The molecular formula is C17H17NO4. The topological polar surface area (TPSA) is 75.6 Å². The maximum Gasteiger partial charge on any atom is 0.310 e. The Balaban J connectivity index is 1.55. The van der Waals surface area contributed by atoms with Crippen LogP contribution in [0.25, 0.3) is 0 Å². The van der Waals surface area contributed by atoms with Gasteiger partial charge in [0.15, 0.2) is 0 Å². The number of fused-ring (bicyclic) bond motifs is 3. The van der Waals surface area contributed by atoms with Gasteiger partial charge < -0.3 is 15.2 Å². The molecule has 114 valence electrons. The van der Waals surface area contributed by atoms with Crippen LogP contribution >= 0.6 is 0 Å². The SMILES string of the molecule is O=C(O)[C@@H]1[C@H](C(=O)Nc2ccc3c(c2)CCC3)[C@@H]2C=C[C@@H]1O2. The highest BCUT2D eigenvalue weighted by Gasteiger charge is 2.53. The lowest BCUT2D eigenvalue weighted by molar-refractivity contribution is -0.145. The first-order valence-corrected chi connectivity index (χ1v) is 7.63. The van der Waals surface area contributed by atoms with Gasteiger partial charge in [0.1, 0.15) is 5.92 Å². The summed E-state index contributed by atoms with van der Waals surface area (Å²) in [5.74, 6) is -2.72. The highest BCUT2D eigenvalue weighted by atomic mass is 16.5. The molecule has 3 aliphatic rings. The highest BCUT2D eigenvalue weighted by molar-refractivity contribution is 5.96. The number of hydrogen-bond donors (Lipinski definition) is 2. The quantitative estimate of drug-likeness (QED) is 0.834. The Morgan fingerprint density at radius 1 is 1.09 bits per heavy atom. The number of carbonyl (C=O) groups is 2. The number of aryl methyl sites for hydroxylation is 2. The van der Waals surface area contributed by atoms with Crippen molar-refractivity contribution in [3.8, 4) is 0 Å². The van der Waals surface area contributed by atoms with Gasteiger partial charge in [-0.25, -0.2) is 0 Å². The molecule has 1 aliphatic carbocycles. The fourth-order valence-electron chi connectivity index (χ4n) is 3.79. The Labute approximate surface area is 128 Å². The first kappa shape index (κ1) is 13.5. The van der Waals surface area contributed by atoms with Gasteiger partial charge in [-0.3, -0.25) is 9.59 Å². The molecule has 4 rings (SSSR count). The van der Waals surface area contributed by atoms with E-state index >= 15 is 0 Å². The highest BCUT2D eigenvalue weighted by Crippen LogP contribution is 2.40. The molecule has 2 heterocycles. The van der Waals surface area contributed by atoms with E-state index in [9.17, 15) is 14.7 Å². The summed E-state index contributed by atoms with van der Waals surface area (Å²) in [6, 6.07) is 5.94. The Morgan fingerprint density at radius 2 is 1.82 bits per heavy atom. The Hall–Kier alpha value is -2.14. The molecule has 0 unspecified atom stereocenters. The van der Waals surface area contributed by atoms with Crippen molar-refractivity contribution in [2.45, 2.75) is 31.5 Å². The van der Waals surface area contributed by atoms with Crippen molar-refractivity contribution in [1.29, 1.82) is 0 Å². The van der Waals surface area contributed by atoms with E-state index in [1.54, 1.807) is 12.2 Å². The summed E-state index contributed by atoms with van der Waals surface area (Å²) < 4.78 is 5.54. The third-order valence-electron chi connectivity index (χ3n) is 4.85. The third-order valence-corrected chi connectivity index (χ3v) is 4.85. The number of hydrogen-bond acceptors (Lipinski definition) is 3. The van der Waals surface area contributed by atoms with Gasteiger partial charge >= 0.3 is 5.97 Å². The predicted molar refractivity (Wildman–Crippen MR) is 79.5 cm³/mol. The molecule has 0 spiro atoms. The zero-order valence-corrected chi connectivity index (χ0v) is 12.0. The minimum Gasteiger partial charge on any atom is -0.481 e.